The summed E-state index contributed by atoms with van der Waals surface area (Å²) in [6.45, 7) is 3.41. The summed E-state index contributed by atoms with van der Waals surface area (Å²) in [7, 11) is 1.47. The predicted octanol–water partition coefficient (Wildman–Crippen LogP) is 3.09. The van der Waals surface area contributed by atoms with Crippen LogP contribution in [0, 0.1) is 35.0 Å². The number of carbonyl (C=O) groups is 1. The number of carbonyl (C=O) groups excluding carboxylic acids is 1. The zero-order chi connectivity index (χ0) is 15.2. The number of aryl methyl sites for hydroxylation is 1. The first kappa shape index (κ1) is 15.9. The van der Waals surface area contributed by atoms with Gasteiger partial charge in [0.15, 0.2) is 5.41 Å². The fourth-order valence-corrected chi connectivity index (χ4v) is 2.12. The van der Waals surface area contributed by atoms with E-state index >= 15 is 0 Å². The van der Waals surface area contributed by atoms with Gasteiger partial charge in [-0.15, -0.1) is 0 Å². The van der Waals surface area contributed by atoms with Crippen LogP contribution >= 0.6 is 0 Å². The maximum Gasteiger partial charge on any atom is 0.174 e. The quantitative estimate of drug-likeness (QED) is 0.796. The lowest BCUT2D eigenvalue weighted by Crippen LogP contribution is -2.28. The first-order valence-electron chi connectivity index (χ1n) is 6.40. The first-order chi connectivity index (χ1) is 9.49. The van der Waals surface area contributed by atoms with Gasteiger partial charge in [0.1, 0.15) is 11.9 Å². The van der Waals surface area contributed by atoms with E-state index in [9.17, 15) is 15.3 Å². The van der Waals surface area contributed by atoms with Crippen molar-refractivity contribution in [3.05, 3.63) is 35.4 Å². The summed E-state index contributed by atoms with van der Waals surface area (Å²) in [5.74, 6) is -0.0429. The van der Waals surface area contributed by atoms with E-state index in [-0.39, 0.29) is 18.6 Å². The monoisotopic (exact) mass is 270 g/mol. The number of methoxy groups -OCH3 is 1. The normalized spacial score (nSPS) is 12.2. The molecule has 0 radical (unpaired) electrons. The summed E-state index contributed by atoms with van der Waals surface area (Å²) in [5, 5.41) is 18.9. The largest absolute Gasteiger partial charge is 0.374 e. The van der Waals surface area contributed by atoms with Crippen LogP contribution in [0.2, 0.25) is 0 Å². The molecule has 104 valence electrons. The Morgan fingerprint density at radius 2 is 1.85 bits per heavy atom. The van der Waals surface area contributed by atoms with E-state index in [0.717, 1.165) is 11.1 Å². The number of nitriles is 2. The van der Waals surface area contributed by atoms with Gasteiger partial charge >= 0.3 is 0 Å². The summed E-state index contributed by atoms with van der Waals surface area (Å²) in [6, 6.07) is 11.6. The van der Waals surface area contributed by atoms with Crippen LogP contribution in [0.15, 0.2) is 24.3 Å². The summed E-state index contributed by atoms with van der Waals surface area (Å²) in [5.41, 5.74) is 0.506. The summed E-state index contributed by atoms with van der Waals surface area (Å²) < 4.78 is 5.40. The van der Waals surface area contributed by atoms with Crippen LogP contribution in [0.4, 0.5) is 0 Å². The number of hydrogen-bond donors (Lipinski definition) is 0. The van der Waals surface area contributed by atoms with E-state index in [1.807, 2.05) is 43.3 Å². The summed E-state index contributed by atoms with van der Waals surface area (Å²) >= 11 is 0. The van der Waals surface area contributed by atoms with Gasteiger partial charge in [0.25, 0.3) is 0 Å². The fourth-order valence-electron chi connectivity index (χ4n) is 2.12. The van der Waals surface area contributed by atoms with Crippen LogP contribution < -0.4 is 0 Å². The molecule has 0 aliphatic heterocycles. The lowest BCUT2D eigenvalue weighted by atomic mass is 9.77. The minimum absolute atomic E-state index is 0.0429. The zero-order valence-electron chi connectivity index (χ0n) is 12.0. The molecule has 4 heteroatoms. The molecular weight excluding hydrogens is 252 g/mol. The van der Waals surface area contributed by atoms with Gasteiger partial charge in [0.05, 0.1) is 12.1 Å². The van der Waals surface area contributed by atoms with Crippen LogP contribution in [0.5, 0.6) is 0 Å². The molecule has 4 nitrogen and oxygen atoms in total. The van der Waals surface area contributed by atoms with Crippen LogP contribution in [0.25, 0.3) is 0 Å². The minimum atomic E-state index is -1.35. The molecular formula is C16H18N2O2. The number of hydrogen-bond acceptors (Lipinski definition) is 4. The van der Waals surface area contributed by atoms with E-state index in [1.54, 1.807) is 0 Å². The van der Waals surface area contributed by atoms with Crippen molar-refractivity contribution in [2.75, 3.05) is 7.11 Å². The average Bonchev–Trinajstić information content (AvgIpc) is 2.45. The van der Waals surface area contributed by atoms with Crippen LogP contribution in [0.1, 0.15) is 37.0 Å². The van der Waals surface area contributed by atoms with Gasteiger partial charge in [-0.3, -0.25) is 0 Å². The fraction of sp³-hybridized carbons (Fsp3) is 0.438. The van der Waals surface area contributed by atoms with Crippen LogP contribution in [-0.2, 0) is 9.53 Å². The third kappa shape index (κ3) is 3.44. The molecule has 1 unspecified atom stereocenters. The molecule has 0 aromatic heterocycles. The number of nitrogens with zero attached hydrogens (tertiary/aromatic N) is 2. The Balaban J connectivity index is 3.16. The molecule has 0 saturated heterocycles. The molecule has 0 fully saturated rings. The average molecular weight is 270 g/mol. The highest BCUT2D eigenvalue weighted by molar-refractivity contribution is 5.75. The number of ketones is 1. The van der Waals surface area contributed by atoms with Gasteiger partial charge in [-0.1, -0.05) is 29.8 Å². The number of ether oxygens (including phenoxy) is 1. The molecule has 0 aliphatic carbocycles. The molecule has 0 saturated carbocycles. The highest BCUT2D eigenvalue weighted by Crippen LogP contribution is 2.39. The van der Waals surface area contributed by atoms with E-state index in [0.29, 0.717) is 0 Å². The molecule has 1 atom stereocenters. The minimum Gasteiger partial charge on any atom is -0.374 e. The van der Waals surface area contributed by atoms with Gasteiger partial charge in [-0.2, -0.15) is 10.5 Å². The zero-order valence-corrected chi connectivity index (χ0v) is 12.0. The van der Waals surface area contributed by atoms with Crippen molar-refractivity contribution in [3.8, 4) is 12.1 Å². The highest BCUT2D eigenvalue weighted by Gasteiger charge is 2.41. The second-order valence-corrected chi connectivity index (χ2v) is 4.92. The lowest BCUT2D eigenvalue weighted by molar-refractivity contribution is -0.117. The Labute approximate surface area is 119 Å². The van der Waals surface area contributed by atoms with E-state index < -0.39 is 11.5 Å². The second-order valence-electron chi connectivity index (χ2n) is 4.92. The topological polar surface area (TPSA) is 73.9 Å². The lowest BCUT2D eigenvalue weighted by Gasteiger charge is -2.28. The highest BCUT2D eigenvalue weighted by atomic mass is 16.5. The maximum atomic E-state index is 11.2. The van der Waals surface area contributed by atoms with E-state index in [2.05, 4.69) is 0 Å². The first-order valence-corrected chi connectivity index (χ1v) is 6.40. The molecule has 0 aliphatic rings. The number of Topliss-reactive ketones (excluding diaryl/α,β-unsaturated/α-hetero) is 1. The third-order valence-corrected chi connectivity index (χ3v) is 3.33. The van der Waals surface area contributed by atoms with Gasteiger partial charge in [0.2, 0.25) is 0 Å². The Kier molecular flexibility index (Phi) is 5.43. The van der Waals surface area contributed by atoms with Crippen molar-refractivity contribution in [2.24, 2.45) is 5.41 Å². The molecule has 0 spiro atoms. The molecule has 0 heterocycles. The Morgan fingerprint density at radius 1 is 1.30 bits per heavy atom. The molecule has 0 amide bonds. The second kappa shape index (κ2) is 6.84. The van der Waals surface area contributed by atoms with Gasteiger partial charge in [-0.05, 0) is 25.8 Å². The van der Waals surface area contributed by atoms with E-state index in [1.165, 1.54) is 14.0 Å². The molecule has 1 aromatic carbocycles. The van der Waals surface area contributed by atoms with Crippen molar-refractivity contribution in [1.82, 2.24) is 0 Å². The number of rotatable bonds is 6. The van der Waals surface area contributed by atoms with Gasteiger partial charge in [0, 0.05) is 13.5 Å². The molecule has 20 heavy (non-hydrogen) atoms. The smallest absolute Gasteiger partial charge is 0.174 e. The predicted molar refractivity (Wildman–Crippen MR) is 74.5 cm³/mol. The van der Waals surface area contributed by atoms with Crippen molar-refractivity contribution in [2.45, 2.75) is 32.8 Å². The standard InChI is InChI=1S/C16H18N2O2/c1-12-4-6-14(7-5-12)15(20-3)16(10-17,11-18)9-8-13(2)19/h4-7,15H,8-9H2,1-3H3. The van der Waals surface area contributed by atoms with E-state index in [4.69, 9.17) is 4.74 Å². The maximum absolute atomic E-state index is 11.2. The van der Waals surface area contributed by atoms with Crippen molar-refractivity contribution < 1.29 is 9.53 Å². The SMILES string of the molecule is COC(c1ccc(C)cc1)C(C#N)(C#N)CCC(C)=O. The molecule has 1 rings (SSSR count). The molecule has 0 N–H and O–H groups in total. The Morgan fingerprint density at radius 3 is 2.25 bits per heavy atom. The van der Waals surface area contributed by atoms with Crippen LogP contribution in [-0.4, -0.2) is 12.9 Å². The number of benzene rings is 1. The third-order valence-electron chi connectivity index (χ3n) is 3.33. The van der Waals surface area contributed by atoms with Crippen molar-refractivity contribution in [1.29, 1.82) is 10.5 Å². The van der Waals surface area contributed by atoms with Crippen molar-refractivity contribution in [3.63, 3.8) is 0 Å². The Hall–Kier alpha value is -2.17. The summed E-state index contributed by atoms with van der Waals surface area (Å²) in [4.78, 5) is 11.2. The van der Waals surface area contributed by atoms with Gasteiger partial charge in [-0.25, -0.2) is 0 Å². The van der Waals surface area contributed by atoms with Gasteiger partial charge < -0.3 is 9.53 Å². The van der Waals surface area contributed by atoms with Crippen molar-refractivity contribution >= 4 is 5.78 Å². The molecule has 1 aromatic rings. The van der Waals surface area contributed by atoms with Crippen LogP contribution in [0.3, 0.4) is 0 Å². The Bertz CT molecular complexity index is 535. The summed E-state index contributed by atoms with van der Waals surface area (Å²) in [6.07, 6.45) is -0.313. The molecule has 0 bridgehead atoms.